The third-order valence-corrected chi connectivity index (χ3v) is 3.62. The van der Waals surface area contributed by atoms with Crippen LogP contribution < -0.4 is 15.4 Å². The van der Waals surface area contributed by atoms with Crippen LogP contribution in [0.2, 0.25) is 0 Å². The fourth-order valence-corrected chi connectivity index (χ4v) is 2.31. The Hall–Kier alpha value is -1.36. The van der Waals surface area contributed by atoms with Crippen LogP contribution in [-0.4, -0.2) is 16.6 Å². The summed E-state index contributed by atoms with van der Waals surface area (Å²) in [5.41, 5.74) is 5.16. The highest BCUT2D eigenvalue weighted by molar-refractivity contribution is 5.70. The fourth-order valence-electron chi connectivity index (χ4n) is 2.31. The lowest BCUT2D eigenvalue weighted by Gasteiger charge is -2.13. The minimum Gasteiger partial charge on any atom is -0.548 e. The molecule has 0 unspecified atom stereocenters. The van der Waals surface area contributed by atoms with E-state index in [9.17, 15) is 9.90 Å². The van der Waals surface area contributed by atoms with Gasteiger partial charge in [0.25, 0.3) is 0 Å². The largest absolute Gasteiger partial charge is 0.548 e. The first kappa shape index (κ1) is 21.6. The van der Waals surface area contributed by atoms with Crippen LogP contribution in [0.3, 0.4) is 0 Å². The van der Waals surface area contributed by atoms with Crippen LogP contribution in [0.15, 0.2) is 18.7 Å². The highest BCUT2D eigenvalue weighted by Gasteiger charge is 2.04. The highest BCUT2D eigenvalue weighted by Crippen LogP contribution is 2.05. The molecule has 0 fully saturated rings. The molecule has 0 saturated heterocycles. The molecule has 2 N–H and O–H groups in total. The molecular weight excluding hydrogens is 290 g/mol. The fraction of sp³-hybridized carbons (Fsp3) is 0.778. The average Bonchev–Trinajstić information content (AvgIpc) is 2.88. The highest BCUT2D eigenvalue weighted by atomic mass is 16.4. The zero-order valence-corrected chi connectivity index (χ0v) is 15.3. The number of nitrogens with two attached hydrogens (primary N) is 1. The van der Waals surface area contributed by atoms with Crippen LogP contribution in [0.5, 0.6) is 0 Å². The number of rotatable bonds is 10. The molecule has 0 aliphatic heterocycles. The quantitative estimate of drug-likeness (QED) is 0.526. The van der Waals surface area contributed by atoms with Gasteiger partial charge in [-0.3, -0.25) is 0 Å². The van der Waals surface area contributed by atoms with E-state index in [-0.39, 0.29) is 0 Å². The van der Waals surface area contributed by atoms with E-state index in [1.807, 2.05) is 13.8 Å². The van der Waals surface area contributed by atoms with Gasteiger partial charge in [-0.2, -0.15) is 0 Å². The molecule has 1 aromatic rings. The molecule has 0 spiro atoms. The third kappa shape index (κ3) is 12.8. The molecule has 5 heteroatoms. The molecule has 1 atom stereocenters. The molecule has 0 saturated carbocycles. The molecule has 1 heterocycles. The maximum Gasteiger partial charge on any atom is 0.243 e. The van der Waals surface area contributed by atoms with Crippen LogP contribution in [0.4, 0.5) is 0 Å². The van der Waals surface area contributed by atoms with Crippen molar-refractivity contribution in [3.8, 4) is 0 Å². The summed E-state index contributed by atoms with van der Waals surface area (Å²) < 4.78 is 4.36. The molecule has 134 valence electrons. The molecule has 0 bridgehead atoms. The summed E-state index contributed by atoms with van der Waals surface area (Å²) in [6, 6.07) is -0.801. The van der Waals surface area contributed by atoms with Crippen LogP contribution in [0.1, 0.15) is 65.7 Å². The Kier molecular flexibility index (Phi) is 12.3. The molecule has 0 radical (unpaired) electrons. The minimum absolute atomic E-state index is 0.317. The van der Waals surface area contributed by atoms with E-state index < -0.39 is 12.0 Å². The smallest absolute Gasteiger partial charge is 0.243 e. The van der Waals surface area contributed by atoms with E-state index in [1.54, 1.807) is 0 Å². The van der Waals surface area contributed by atoms with Gasteiger partial charge in [0.05, 0.1) is 19.6 Å². The Morgan fingerprint density at radius 2 is 1.83 bits per heavy atom. The zero-order chi connectivity index (χ0) is 17.7. The van der Waals surface area contributed by atoms with E-state index in [1.165, 1.54) is 45.1 Å². The lowest BCUT2D eigenvalue weighted by atomic mass is 10.1. The van der Waals surface area contributed by atoms with E-state index in [2.05, 4.69) is 41.8 Å². The number of unbranched alkanes of at least 4 members (excludes halogenated alkanes) is 5. The number of nitrogens with zero attached hydrogens (tertiary/aromatic N) is 2. The van der Waals surface area contributed by atoms with Crippen molar-refractivity contribution in [2.75, 3.05) is 0 Å². The molecule has 23 heavy (non-hydrogen) atoms. The topological polar surface area (TPSA) is 75.0 Å². The second kappa shape index (κ2) is 13.1. The average molecular weight is 325 g/mol. The number of aromatic nitrogens is 2. The van der Waals surface area contributed by atoms with Gasteiger partial charge in [0.1, 0.15) is 12.4 Å². The molecular formula is C18H35N3O2. The van der Waals surface area contributed by atoms with Crippen molar-refractivity contribution < 1.29 is 14.5 Å². The Morgan fingerprint density at radius 1 is 1.22 bits per heavy atom. The van der Waals surface area contributed by atoms with Crippen molar-refractivity contribution in [3.63, 3.8) is 0 Å². The Bertz CT molecular complexity index is 416. The first-order chi connectivity index (χ1) is 10.9. The van der Waals surface area contributed by atoms with Crippen LogP contribution >= 0.6 is 0 Å². The van der Waals surface area contributed by atoms with Gasteiger partial charge in [-0.1, -0.05) is 46.5 Å². The van der Waals surface area contributed by atoms with Crippen molar-refractivity contribution in [1.82, 2.24) is 4.57 Å². The standard InChI is InChI=1S/C12H23N2.C6H13NO2/c1-3-4-5-6-7-8-9-14-11-10-13(2)12-14;1-4(2)3-5(7)6(8)9/h10-12H,3-9H2,1-2H3;4-5H,3,7H2,1-2H3,(H,8,9)/q+1;/p-1/t;5-/m.0/s1. The van der Waals surface area contributed by atoms with Crippen LogP contribution in [-0.2, 0) is 18.4 Å². The predicted octanol–water partition coefficient (Wildman–Crippen LogP) is 1.78. The number of carbonyl (C=O) groups is 1. The van der Waals surface area contributed by atoms with Crippen molar-refractivity contribution in [2.45, 2.75) is 78.3 Å². The number of hydrogen-bond acceptors (Lipinski definition) is 3. The SMILES string of the molecule is CC(C)C[C@H](N)C(=O)[O-].CCCCCCCCn1cc[n+](C)c1. The van der Waals surface area contributed by atoms with E-state index in [0.29, 0.717) is 12.3 Å². The maximum atomic E-state index is 10.00. The van der Waals surface area contributed by atoms with E-state index in [0.717, 1.165) is 0 Å². The summed E-state index contributed by atoms with van der Waals surface area (Å²) in [5, 5.41) is 10.00. The molecule has 1 rings (SSSR count). The molecule has 0 aromatic carbocycles. The van der Waals surface area contributed by atoms with Crippen molar-refractivity contribution >= 4 is 5.97 Å². The molecule has 0 aliphatic carbocycles. The Balaban J connectivity index is 0.000000468. The summed E-state index contributed by atoms with van der Waals surface area (Å²) in [5.74, 6) is -0.846. The van der Waals surface area contributed by atoms with Crippen LogP contribution in [0.25, 0.3) is 0 Å². The zero-order valence-electron chi connectivity index (χ0n) is 15.3. The normalized spacial score (nSPS) is 11.9. The van der Waals surface area contributed by atoms with Gasteiger partial charge in [0.15, 0.2) is 0 Å². The van der Waals surface area contributed by atoms with Gasteiger partial charge in [0.2, 0.25) is 6.33 Å². The molecule has 0 aliphatic rings. The van der Waals surface area contributed by atoms with Gasteiger partial charge in [-0.05, 0) is 25.2 Å². The summed E-state index contributed by atoms with van der Waals surface area (Å²) in [7, 11) is 2.07. The molecule has 0 amide bonds. The minimum atomic E-state index is -1.16. The molecule has 5 nitrogen and oxygen atoms in total. The van der Waals surface area contributed by atoms with Crippen LogP contribution in [0, 0.1) is 5.92 Å². The molecule has 1 aromatic heterocycles. The number of imidazole rings is 1. The predicted molar refractivity (Wildman–Crippen MR) is 91.4 cm³/mol. The number of aliphatic carboxylic acids is 1. The van der Waals surface area contributed by atoms with Gasteiger partial charge in [-0.15, -0.1) is 0 Å². The van der Waals surface area contributed by atoms with Crippen molar-refractivity contribution in [1.29, 1.82) is 0 Å². The number of carbonyl (C=O) groups excluding carboxylic acids is 1. The summed E-state index contributed by atoms with van der Waals surface area (Å²) >= 11 is 0. The third-order valence-electron chi connectivity index (χ3n) is 3.62. The summed E-state index contributed by atoms with van der Waals surface area (Å²) in [4.78, 5) is 10.00. The monoisotopic (exact) mass is 325 g/mol. The number of carboxylic acids is 1. The summed E-state index contributed by atoms with van der Waals surface area (Å²) in [6.07, 6.45) is 15.1. The van der Waals surface area contributed by atoms with Gasteiger partial charge >= 0.3 is 0 Å². The van der Waals surface area contributed by atoms with Crippen molar-refractivity contribution in [2.24, 2.45) is 18.7 Å². The van der Waals surface area contributed by atoms with Gasteiger partial charge < -0.3 is 15.6 Å². The number of carboxylic acid groups (broad SMARTS) is 1. The maximum absolute atomic E-state index is 10.00. The number of hydrogen-bond donors (Lipinski definition) is 1. The second-order valence-electron chi connectivity index (χ2n) is 6.64. The Labute approximate surface area is 141 Å². The van der Waals surface area contributed by atoms with E-state index >= 15 is 0 Å². The van der Waals surface area contributed by atoms with Gasteiger partial charge in [-0.25, -0.2) is 9.13 Å². The first-order valence-corrected chi connectivity index (χ1v) is 8.84. The van der Waals surface area contributed by atoms with Crippen molar-refractivity contribution in [3.05, 3.63) is 18.7 Å². The van der Waals surface area contributed by atoms with E-state index in [4.69, 9.17) is 5.73 Å². The first-order valence-electron chi connectivity index (χ1n) is 8.84. The number of aryl methyl sites for hydroxylation is 2. The van der Waals surface area contributed by atoms with Gasteiger partial charge in [0, 0.05) is 6.04 Å². The Morgan fingerprint density at radius 3 is 2.26 bits per heavy atom. The lowest BCUT2D eigenvalue weighted by Crippen LogP contribution is -2.42. The lowest BCUT2D eigenvalue weighted by molar-refractivity contribution is -0.671. The second-order valence-corrected chi connectivity index (χ2v) is 6.64. The summed E-state index contributed by atoms with van der Waals surface area (Å²) in [6.45, 7) is 7.28.